The number of nitrogens with one attached hydrogen (secondary N) is 1. The van der Waals surface area contributed by atoms with Crippen molar-refractivity contribution in [3.8, 4) is 5.75 Å². The summed E-state index contributed by atoms with van der Waals surface area (Å²) in [7, 11) is -2.19. The molecule has 3 N–H and O–H groups in total. The normalized spacial score (nSPS) is 17.7. The van der Waals surface area contributed by atoms with Crippen molar-refractivity contribution in [3.05, 3.63) is 23.8 Å². The third-order valence-electron chi connectivity index (χ3n) is 3.88. The van der Waals surface area contributed by atoms with Crippen molar-refractivity contribution in [1.82, 2.24) is 4.72 Å². The third kappa shape index (κ3) is 3.88. The van der Waals surface area contributed by atoms with Crippen LogP contribution in [0.4, 0.5) is 0 Å². The minimum absolute atomic E-state index is 0. The van der Waals surface area contributed by atoms with Crippen LogP contribution in [0.3, 0.4) is 0 Å². The Morgan fingerprint density at radius 2 is 2.05 bits per heavy atom. The first-order valence-electron chi connectivity index (χ1n) is 6.71. The SMILES string of the molecule is COc1ccc(C)cc1S(=O)(=O)NC(C)(CN)C1CC1.Cl. The molecule has 1 atom stereocenters. The van der Waals surface area contributed by atoms with E-state index in [1.54, 1.807) is 12.1 Å². The number of hydrogen-bond donors (Lipinski definition) is 2. The Balaban J connectivity index is 0.00000220. The highest BCUT2D eigenvalue weighted by atomic mass is 35.5. The van der Waals surface area contributed by atoms with Crippen LogP contribution in [0.5, 0.6) is 5.75 Å². The van der Waals surface area contributed by atoms with Crippen LogP contribution in [-0.4, -0.2) is 27.6 Å². The van der Waals surface area contributed by atoms with Gasteiger partial charge >= 0.3 is 0 Å². The molecule has 1 aromatic carbocycles. The third-order valence-corrected chi connectivity index (χ3v) is 5.51. The van der Waals surface area contributed by atoms with Gasteiger partial charge in [-0.1, -0.05) is 6.07 Å². The lowest BCUT2D eigenvalue weighted by atomic mass is 9.98. The molecule has 1 fully saturated rings. The van der Waals surface area contributed by atoms with E-state index in [2.05, 4.69) is 4.72 Å². The molecule has 7 heteroatoms. The average molecular weight is 335 g/mol. The molecular weight excluding hydrogens is 312 g/mol. The van der Waals surface area contributed by atoms with Crippen molar-refractivity contribution < 1.29 is 13.2 Å². The molecule has 120 valence electrons. The quantitative estimate of drug-likeness (QED) is 0.831. The largest absolute Gasteiger partial charge is 0.495 e. The van der Waals surface area contributed by atoms with Crippen LogP contribution < -0.4 is 15.2 Å². The number of hydrogen-bond acceptors (Lipinski definition) is 4. The molecular formula is C14H23ClN2O3S. The maximum Gasteiger partial charge on any atom is 0.244 e. The highest BCUT2D eigenvalue weighted by Crippen LogP contribution is 2.40. The van der Waals surface area contributed by atoms with Crippen molar-refractivity contribution in [2.24, 2.45) is 11.7 Å². The zero-order valence-electron chi connectivity index (χ0n) is 12.5. The van der Waals surface area contributed by atoms with Gasteiger partial charge in [0, 0.05) is 12.1 Å². The standard InChI is InChI=1S/C14H22N2O3S.ClH/c1-10-4-7-12(19-3)13(8-10)20(17,18)16-14(2,9-15)11-5-6-11;/h4,7-8,11,16H,5-6,9,15H2,1-3H3;1H. The Morgan fingerprint density at radius 3 is 2.52 bits per heavy atom. The molecule has 0 heterocycles. The Kier molecular flexibility index (Phi) is 5.66. The van der Waals surface area contributed by atoms with E-state index in [9.17, 15) is 8.42 Å². The maximum absolute atomic E-state index is 12.6. The minimum Gasteiger partial charge on any atom is -0.495 e. The molecule has 0 spiro atoms. The smallest absolute Gasteiger partial charge is 0.244 e. The van der Waals surface area contributed by atoms with Gasteiger partial charge in [0.15, 0.2) is 0 Å². The summed E-state index contributed by atoms with van der Waals surface area (Å²) in [6, 6.07) is 5.10. The fourth-order valence-corrected chi connectivity index (χ4v) is 4.10. The van der Waals surface area contributed by atoms with E-state index in [0.717, 1.165) is 18.4 Å². The van der Waals surface area contributed by atoms with Gasteiger partial charge in [-0.2, -0.15) is 0 Å². The summed E-state index contributed by atoms with van der Waals surface area (Å²) in [5.41, 5.74) is 6.05. The number of benzene rings is 1. The van der Waals surface area contributed by atoms with Gasteiger partial charge in [-0.05, 0) is 50.3 Å². The number of rotatable bonds is 6. The molecule has 1 aromatic rings. The van der Waals surface area contributed by atoms with Crippen LogP contribution in [0.1, 0.15) is 25.3 Å². The topological polar surface area (TPSA) is 81.4 Å². The van der Waals surface area contributed by atoms with Gasteiger partial charge in [-0.25, -0.2) is 13.1 Å². The molecule has 0 aliphatic heterocycles. The Morgan fingerprint density at radius 1 is 1.43 bits per heavy atom. The molecule has 5 nitrogen and oxygen atoms in total. The molecule has 1 saturated carbocycles. The van der Waals surface area contributed by atoms with E-state index >= 15 is 0 Å². The number of methoxy groups -OCH3 is 1. The Bertz CT molecular complexity index is 602. The number of ether oxygens (including phenoxy) is 1. The summed E-state index contributed by atoms with van der Waals surface area (Å²) in [6.45, 7) is 4.00. The van der Waals surface area contributed by atoms with Gasteiger partial charge < -0.3 is 10.5 Å². The predicted octanol–water partition coefficient (Wildman–Crippen LogP) is 1.83. The van der Waals surface area contributed by atoms with E-state index < -0.39 is 15.6 Å². The monoisotopic (exact) mass is 334 g/mol. The molecule has 1 aliphatic carbocycles. The van der Waals surface area contributed by atoms with Crippen LogP contribution in [0.15, 0.2) is 23.1 Å². The molecule has 21 heavy (non-hydrogen) atoms. The zero-order valence-corrected chi connectivity index (χ0v) is 14.2. The van der Waals surface area contributed by atoms with Crippen molar-refractivity contribution in [1.29, 1.82) is 0 Å². The fourth-order valence-electron chi connectivity index (χ4n) is 2.37. The van der Waals surface area contributed by atoms with E-state index in [1.807, 2.05) is 19.9 Å². The lowest BCUT2D eigenvalue weighted by Crippen LogP contribution is -2.53. The van der Waals surface area contributed by atoms with Crippen molar-refractivity contribution in [2.75, 3.05) is 13.7 Å². The summed E-state index contributed by atoms with van der Waals surface area (Å²) >= 11 is 0. The van der Waals surface area contributed by atoms with Crippen LogP contribution in [0, 0.1) is 12.8 Å². The molecule has 0 bridgehead atoms. The first-order valence-corrected chi connectivity index (χ1v) is 8.19. The van der Waals surface area contributed by atoms with Crippen LogP contribution in [-0.2, 0) is 10.0 Å². The van der Waals surface area contributed by atoms with E-state index in [1.165, 1.54) is 7.11 Å². The molecule has 1 unspecified atom stereocenters. The molecule has 0 amide bonds. The van der Waals surface area contributed by atoms with Crippen LogP contribution >= 0.6 is 12.4 Å². The molecule has 0 saturated heterocycles. The summed E-state index contributed by atoms with van der Waals surface area (Å²) < 4.78 is 33.2. The molecule has 2 rings (SSSR count). The lowest BCUT2D eigenvalue weighted by molar-refractivity contribution is 0.370. The average Bonchev–Trinajstić information content (AvgIpc) is 3.22. The summed E-state index contributed by atoms with van der Waals surface area (Å²) in [5.74, 6) is 0.663. The highest BCUT2D eigenvalue weighted by molar-refractivity contribution is 7.89. The number of halogens is 1. The first-order chi connectivity index (χ1) is 9.32. The van der Waals surface area contributed by atoms with Crippen LogP contribution in [0.2, 0.25) is 0 Å². The maximum atomic E-state index is 12.6. The minimum atomic E-state index is -3.66. The zero-order chi connectivity index (χ0) is 15.0. The lowest BCUT2D eigenvalue weighted by Gasteiger charge is -2.29. The van der Waals surface area contributed by atoms with Crippen LogP contribution in [0.25, 0.3) is 0 Å². The number of sulfonamides is 1. The number of nitrogens with two attached hydrogens (primary N) is 1. The second-order valence-corrected chi connectivity index (χ2v) is 7.31. The Labute approximate surface area is 132 Å². The van der Waals surface area contributed by atoms with Crippen molar-refractivity contribution >= 4 is 22.4 Å². The van der Waals surface area contributed by atoms with Gasteiger partial charge in [0.2, 0.25) is 10.0 Å². The Hall–Kier alpha value is -0.820. The molecule has 0 radical (unpaired) electrons. The van der Waals surface area contributed by atoms with Gasteiger partial charge in [-0.15, -0.1) is 12.4 Å². The summed E-state index contributed by atoms with van der Waals surface area (Å²) in [4.78, 5) is 0.167. The van der Waals surface area contributed by atoms with Gasteiger partial charge in [-0.3, -0.25) is 0 Å². The first kappa shape index (κ1) is 18.2. The van der Waals surface area contributed by atoms with E-state index in [0.29, 0.717) is 11.7 Å². The van der Waals surface area contributed by atoms with Gasteiger partial charge in [0.1, 0.15) is 10.6 Å². The molecule has 1 aliphatic rings. The summed E-state index contributed by atoms with van der Waals surface area (Å²) in [5, 5.41) is 0. The number of aryl methyl sites for hydroxylation is 1. The molecule has 0 aromatic heterocycles. The van der Waals surface area contributed by atoms with E-state index in [4.69, 9.17) is 10.5 Å². The second kappa shape index (κ2) is 6.52. The van der Waals surface area contributed by atoms with Gasteiger partial charge in [0.25, 0.3) is 0 Å². The van der Waals surface area contributed by atoms with Gasteiger partial charge in [0.05, 0.1) is 7.11 Å². The van der Waals surface area contributed by atoms with E-state index in [-0.39, 0.29) is 23.8 Å². The highest BCUT2D eigenvalue weighted by Gasteiger charge is 2.43. The summed E-state index contributed by atoms with van der Waals surface area (Å²) in [6.07, 6.45) is 2.03. The second-order valence-electron chi connectivity index (χ2n) is 5.66. The van der Waals surface area contributed by atoms with Crippen molar-refractivity contribution in [2.45, 2.75) is 37.1 Å². The predicted molar refractivity (Wildman–Crippen MR) is 85.5 cm³/mol. The fraction of sp³-hybridized carbons (Fsp3) is 0.571. The van der Waals surface area contributed by atoms with Crippen molar-refractivity contribution in [3.63, 3.8) is 0 Å².